The van der Waals surface area contributed by atoms with Gasteiger partial charge in [-0.2, -0.15) is 0 Å². The molecule has 0 saturated carbocycles. The second-order valence-corrected chi connectivity index (χ2v) is 7.79. The predicted octanol–water partition coefficient (Wildman–Crippen LogP) is 1.10. The number of pyridine rings is 1. The number of hydrogen-bond donors (Lipinski definition) is 2. The second kappa shape index (κ2) is 9.69. The number of aromatic nitrogens is 1. The largest absolute Gasteiger partial charge is 0.480 e. The zero-order chi connectivity index (χ0) is 21.7. The van der Waals surface area contributed by atoms with Crippen molar-refractivity contribution in [2.24, 2.45) is 0 Å². The van der Waals surface area contributed by atoms with E-state index in [9.17, 15) is 29.4 Å². The number of carboxylic acids is 2. The van der Waals surface area contributed by atoms with Gasteiger partial charge in [0.25, 0.3) is 0 Å². The van der Waals surface area contributed by atoms with Crippen molar-refractivity contribution >= 4 is 23.8 Å². The van der Waals surface area contributed by atoms with Crippen molar-refractivity contribution in [1.29, 1.82) is 0 Å². The summed E-state index contributed by atoms with van der Waals surface area (Å²) in [4.78, 5) is 54.7. The number of nitrogens with zero attached hydrogens (tertiary/aromatic N) is 3. The van der Waals surface area contributed by atoms with E-state index in [-0.39, 0.29) is 24.7 Å². The Morgan fingerprint density at radius 2 is 1.27 bits per heavy atom. The summed E-state index contributed by atoms with van der Waals surface area (Å²) in [6, 6.07) is 3.96. The Morgan fingerprint density at radius 1 is 0.833 bits per heavy atom. The first-order valence-electron chi connectivity index (χ1n) is 10.4. The second-order valence-electron chi connectivity index (χ2n) is 7.79. The first-order chi connectivity index (χ1) is 14.4. The average molecular weight is 417 g/mol. The van der Waals surface area contributed by atoms with Gasteiger partial charge in [-0.15, -0.1) is 0 Å². The molecule has 2 atom stereocenters. The molecule has 3 heterocycles. The molecular weight excluding hydrogens is 390 g/mol. The lowest BCUT2D eigenvalue weighted by Crippen LogP contribution is -2.40. The van der Waals surface area contributed by atoms with E-state index in [2.05, 4.69) is 4.98 Å². The molecule has 1 aromatic heterocycles. The van der Waals surface area contributed by atoms with E-state index >= 15 is 0 Å². The van der Waals surface area contributed by atoms with Gasteiger partial charge in [-0.25, -0.2) is 9.59 Å². The molecule has 162 valence electrons. The zero-order valence-electron chi connectivity index (χ0n) is 16.8. The molecule has 0 aliphatic carbocycles. The van der Waals surface area contributed by atoms with E-state index in [1.165, 1.54) is 9.80 Å². The molecule has 9 nitrogen and oxygen atoms in total. The number of amides is 2. The van der Waals surface area contributed by atoms with Crippen LogP contribution in [0, 0.1) is 0 Å². The lowest BCUT2D eigenvalue weighted by Gasteiger charge is -2.21. The summed E-state index contributed by atoms with van der Waals surface area (Å²) in [6.07, 6.45) is 3.55. The Labute approximate surface area is 174 Å². The summed E-state index contributed by atoms with van der Waals surface area (Å²) in [5.74, 6) is -2.30. The maximum Gasteiger partial charge on any atom is 0.326 e. The monoisotopic (exact) mass is 417 g/mol. The highest BCUT2D eigenvalue weighted by molar-refractivity contribution is 5.85. The van der Waals surface area contributed by atoms with Crippen molar-refractivity contribution in [3.63, 3.8) is 0 Å². The summed E-state index contributed by atoms with van der Waals surface area (Å²) < 4.78 is 0. The Kier molecular flexibility index (Phi) is 7.02. The topological polar surface area (TPSA) is 128 Å². The molecule has 0 bridgehead atoms. The van der Waals surface area contributed by atoms with Gasteiger partial charge in [0.1, 0.15) is 12.1 Å². The number of carbonyl (C=O) groups is 4. The Hall–Kier alpha value is -2.97. The maximum absolute atomic E-state index is 12.4. The van der Waals surface area contributed by atoms with Crippen LogP contribution in [0.3, 0.4) is 0 Å². The van der Waals surface area contributed by atoms with E-state index in [0.717, 1.165) is 0 Å². The molecule has 2 fully saturated rings. The van der Waals surface area contributed by atoms with Gasteiger partial charge in [-0.1, -0.05) is 6.07 Å². The summed E-state index contributed by atoms with van der Waals surface area (Å²) in [6.45, 7) is 0.943. The van der Waals surface area contributed by atoms with Crippen molar-refractivity contribution in [1.82, 2.24) is 14.8 Å². The quantitative estimate of drug-likeness (QED) is 0.648. The standard InChI is InChI=1S/C21H27N3O6/c25-18(23-12-2-6-16(23)20(27)28)10-8-14-4-1-5-15(22-14)9-11-19(26)24-13-3-7-17(24)21(29)30/h1,4-5,16-17H,2-3,6-13H2,(H,27,28)(H,29,30). The van der Waals surface area contributed by atoms with Gasteiger partial charge < -0.3 is 20.0 Å². The van der Waals surface area contributed by atoms with Gasteiger partial charge in [0.15, 0.2) is 0 Å². The summed E-state index contributed by atoms with van der Waals surface area (Å²) in [5.41, 5.74) is 1.42. The van der Waals surface area contributed by atoms with E-state index in [0.29, 0.717) is 63.0 Å². The van der Waals surface area contributed by atoms with Crippen molar-refractivity contribution in [3.05, 3.63) is 29.6 Å². The average Bonchev–Trinajstić information content (AvgIpc) is 3.40. The minimum Gasteiger partial charge on any atom is -0.480 e. The van der Waals surface area contributed by atoms with Crippen molar-refractivity contribution < 1.29 is 29.4 Å². The summed E-state index contributed by atoms with van der Waals surface area (Å²) in [7, 11) is 0. The van der Waals surface area contributed by atoms with Crippen LogP contribution in [0.15, 0.2) is 18.2 Å². The zero-order valence-corrected chi connectivity index (χ0v) is 16.8. The summed E-state index contributed by atoms with van der Waals surface area (Å²) in [5, 5.41) is 18.4. The van der Waals surface area contributed by atoms with Crippen LogP contribution in [0.1, 0.15) is 49.9 Å². The van der Waals surface area contributed by atoms with Crippen LogP contribution in [0.25, 0.3) is 0 Å². The molecule has 2 aliphatic heterocycles. The molecule has 0 spiro atoms. The third kappa shape index (κ3) is 5.14. The van der Waals surface area contributed by atoms with Crippen LogP contribution >= 0.6 is 0 Å². The third-order valence-electron chi connectivity index (χ3n) is 5.77. The molecule has 0 aromatic carbocycles. The van der Waals surface area contributed by atoms with E-state index in [1.54, 1.807) is 12.1 Å². The fraction of sp³-hybridized carbons (Fsp3) is 0.571. The minimum absolute atomic E-state index is 0.184. The molecule has 2 amide bonds. The Balaban J connectivity index is 1.51. The third-order valence-corrected chi connectivity index (χ3v) is 5.77. The van der Waals surface area contributed by atoms with Crippen LogP contribution in [0.4, 0.5) is 0 Å². The number of aliphatic carboxylic acids is 2. The number of aryl methyl sites for hydroxylation is 2. The number of likely N-dealkylation sites (tertiary alicyclic amines) is 2. The van der Waals surface area contributed by atoms with Gasteiger partial charge in [-0.3, -0.25) is 14.6 Å². The maximum atomic E-state index is 12.4. The van der Waals surface area contributed by atoms with Gasteiger partial charge in [0.2, 0.25) is 11.8 Å². The molecule has 3 rings (SSSR count). The van der Waals surface area contributed by atoms with Crippen LogP contribution in [0.5, 0.6) is 0 Å². The SMILES string of the molecule is O=C(O)C1CCCN1C(=O)CCc1cccc(CCC(=O)N2CCCC2C(=O)O)n1. The number of rotatable bonds is 8. The van der Waals surface area contributed by atoms with Crippen LogP contribution in [-0.2, 0) is 32.0 Å². The fourth-order valence-electron chi connectivity index (χ4n) is 4.21. The number of hydrogen-bond acceptors (Lipinski definition) is 5. The summed E-state index contributed by atoms with van der Waals surface area (Å²) >= 11 is 0. The molecule has 2 N–H and O–H groups in total. The van der Waals surface area contributed by atoms with Crippen molar-refractivity contribution in [2.45, 2.75) is 63.5 Å². The lowest BCUT2D eigenvalue weighted by atomic mass is 10.1. The highest BCUT2D eigenvalue weighted by Crippen LogP contribution is 2.20. The molecule has 2 unspecified atom stereocenters. The van der Waals surface area contributed by atoms with Crippen LogP contribution < -0.4 is 0 Å². The van der Waals surface area contributed by atoms with Crippen molar-refractivity contribution in [3.8, 4) is 0 Å². The fourth-order valence-corrected chi connectivity index (χ4v) is 4.21. The number of carboxylic acid groups (broad SMARTS) is 2. The van der Waals surface area contributed by atoms with Crippen LogP contribution in [-0.4, -0.2) is 73.9 Å². The Bertz CT molecular complexity index is 763. The first-order valence-corrected chi connectivity index (χ1v) is 10.4. The molecule has 2 aliphatic rings. The molecule has 9 heteroatoms. The predicted molar refractivity (Wildman–Crippen MR) is 106 cm³/mol. The number of carbonyl (C=O) groups excluding carboxylic acids is 2. The Morgan fingerprint density at radius 3 is 1.67 bits per heavy atom. The van der Waals surface area contributed by atoms with Gasteiger partial charge >= 0.3 is 11.9 Å². The van der Waals surface area contributed by atoms with Gasteiger partial charge in [-0.05, 0) is 50.7 Å². The highest BCUT2D eigenvalue weighted by Gasteiger charge is 2.34. The molecule has 2 saturated heterocycles. The van der Waals surface area contributed by atoms with E-state index < -0.39 is 24.0 Å². The molecule has 1 aromatic rings. The van der Waals surface area contributed by atoms with E-state index in [4.69, 9.17) is 0 Å². The van der Waals surface area contributed by atoms with Gasteiger partial charge in [0.05, 0.1) is 0 Å². The van der Waals surface area contributed by atoms with Gasteiger partial charge in [0, 0.05) is 37.3 Å². The molecule has 30 heavy (non-hydrogen) atoms. The smallest absolute Gasteiger partial charge is 0.326 e. The molecule has 0 radical (unpaired) electrons. The normalized spacial score (nSPS) is 21.1. The highest BCUT2D eigenvalue weighted by atomic mass is 16.4. The van der Waals surface area contributed by atoms with Crippen molar-refractivity contribution in [2.75, 3.05) is 13.1 Å². The van der Waals surface area contributed by atoms with E-state index in [1.807, 2.05) is 6.07 Å². The first kappa shape index (κ1) is 21.7. The minimum atomic E-state index is -0.964. The van der Waals surface area contributed by atoms with Crippen LogP contribution in [0.2, 0.25) is 0 Å². The molecular formula is C21H27N3O6. The lowest BCUT2D eigenvalue weighted by molar-refractivity contribution is -0.148.